The van der Waals surface area contributed by atoms with Crippen molar-refractivity contribution in [2.45, 2.75) is 89.4 Å². The Bertz CT molecular complexity index is 359. The molecule has 1 aliphatic carbocycles. The van der Waals surface area contributed by atoms with Crippen LogP contribution in [0.4, 0.5) is 0 Å². The van der Waals surface area contributed by atoms with Gasteiger partial charge >= 0.3 is 5.97 Å². The average molecular weight is 296 g/mol. The summed E-state index contributed by atoms with van der Waals surface area (Å²) in [4.78, 5) is 15.0. The number of rotatable bonds is 4. The number of carbonyl (C=O) groups is 1. The van der Waals surface area contributed by atoms with Crippen molar-refractivity contribution in [1.82, 2.24) is 10.2 Å². The Kier molecular flexibility index (Phi) is 5.67. The van der Waals surface area contributed by atoms with Crippen LogP contribution in [-0.2, 0) is 9.53 Å². The molecule has 0 amide bonds. The van der Waals surface area contributed by atoms with E-state index >= 15 is 0 Å². The topological polar surface area (TPSA) is 41.6 Å². The van der Waals surface area contributed by atoms with Crippen LogP contribution >= 0.6 is 0 Å². The maximum absolute atomic E-state index is 12.3. The largest absolute Gasteiger partial charge is 0.468 e. The van der Waals surface area contributed by atoms with Gasteiger partial charge in [0, 0.05) is 18.1 Å². The standard InChI is InChI=1S/C17H32N2O2/c1-13(2)18-17(16(20)21-4)10-9-15(12-17)19-11-7-5-6-8-14(19)3/h13-15,18H,5-12H2,1-4H3. The predicted octanol–water partition coefficient (Wildman–Crippen LogP) is 2.71. The third-order valence-corrected chi connectivity index (χ3v) is 5.20. The summed E-state index contributed by atoms with van der Waals surface area (Å²) < 4.78 is 5.11. The molecule has 0 spiro atoms. The van der Waals surface area contributed by atoms with E-state index in [4.69, 9.17) is 4.74 Å². The van der Waals surface area contributed by atoms with Crippen molar-refractivity contribution in [1.29, 1.82) is 0 Å². The first-order valence-electron chi connectivity index (χ1n) is 8.60. The highest BCUT2D eigenvalue weighted by molar-refractivity contribution is 5.81. The summed E-state index contributed by atoms with van der Waals surface area (Å²) >= 11 is 0. The van der Waals surface area contributed by atoms with Crippen LogP contribution < -0.4 is 5.32 Å². The molecular weight excluding hydrogens is 264 g/mol. The van der Waals surface area contributed by atoms with Gasteiger partial charge in [-0.15, -0.1) is 0 Å². The summed E-state index contributed by atoms with van der Waals surface area (Å²) in [6.07, 6.45) is 8.16. The molecule has 0 aromatic heterocycles. The van der Waals surface area contributed by atoms with Crippen LogP contribution in [0.15, 0.2) is 0 Å². The van der Waals surface area contributed by atoms with Gasteiger partial charge in [0.2, 0.25) is 0 Å². The van der Waals surface area contributed by atoms with E-state index in [-0.39, 0.29) is 5.97 Å². The molecule has 1 saturated carbocycles. The Morgan fingerprint density at radius 2 is 2.05 bits per heavy atom. The fourth-order valence-electron chi connectivity index (χ4n) is 4.27. The molecular formula is C17H32N2O2. The van der Waals surface area contributed by atoms with Gasteiger partial charge in [0.1, 0.15) is 5.54 Å². The number of likely N-dealkylation sites (tertiary alicyclic amines) is 1. The molecule has 0 radical (unpaired) electrons. The second-order valence-electron chi connectivity index (χ2n) is 7.21. The number of hydrogen-bond donors (Lipinski definition) is 1. The normalized spacial score (nSPS) is 34.9. The number of hydrogen-bond acceptors (Lipinski definition) is 4. The Balaban J connectivity index is 2.09. The molecule has 1 heterocycles. The van der Waals surface area contributed by atoms with Crippen LogP contribution in [0.2, 0.25) is 0 Å². The van der Waals surface area contributed by atoms with Gasteiger partial charge in [0.15, 0.2) is 0 Å². The molecule has 4 heteroatoms. The van der Waals surface area contributed by atoms with Crippen molar-refractivity contribution in [2.24, 2.45) is 0 Å². The van der Waals surface area contributed by atoms with Gasteiger partial charge in [0.05, 0.1) is 7.11 Å². The van der Waals surface area contributed by atoms with E-state index < -0.39 is 5.54 Å². The van der Waals surface area contributed by atoms with Crippen molar-refractivity contribution in [3.8, 4) is 0 Å². The van der Waals surface area contributed by atoms with Crippen molar-refractivity contribution in [3.05, 3.63) is 0 Å². The van der Waals surface area contributed by atoms with E-state index in [9.17, 15) is 4.79 Å². The number of nitrogens with one attached hydrogen (secondary N) is 1. The molecule has 2 rings (SSSR count). The van der Waals surface area contributed by atoms with Gasteiger partial charge in [-0.2, -0.15) is 0 Å². The van der Waals surface area contributed by atoms with E-state index in [0.29, 0.717) is 18.1 Å². The third kappa shape index (κ3) is 3.78. The zero-order chi connectivity index (χ0) is 15.5. The van der Waals surface area contributed by atoms with Crippen LogP contribution in [0.5, 0.6) is 0 Å². The molecule has 21 heavy (non-hydrogen) atoms. The maximum Gasteiger partial charge on any atom is 0.326 e. The lowest BCUT2D eigenvalue weighted by molar-refractivity contribution is -0.149. The fraction of sp³-hybridized carbons (Fsp3) is 0.941. The lowest BCUT2D eigenvalue weighted by Crippen LogP contribution is -2.54. The van der Waals surface area contributed by atoms with Crippen LogP contribution in [-0.4, -0.2) is 48.2 Å². The van der Waals surface area contributed by atoms with E-state index in [0.717, 1.165) is 19.3 Å². The number of ether oxygens (including phenoxy) is 1. The second-order valence-corrected chi connectivity index (χ2v) is 7.21. The van der Waals surface area contributed by atoms with E-state index in [1.807, 2.05) is 0 Å². The molecule has 0 bridgehead atoms. The Labute approximate surface area is 129 Å². The van der Waals surface area contributed by atoms with Crippen molar-refractivity contribution in [3.63, 3.8) is 0 Å². The summed E-state index contributed by atoms with van der Waals surface area (Å²) in [5, 5.41) is 3.50. The minimum atomic E-state index is -0.473. The predicted molar refractivity (Wildman–Crippen MR) is 85.3 cm³/mol. The average Bonchev–Trinajstić information content (AvgIpc) is 2.73. The zero-order valence-corrected chi connectivity index (χ0v) is 14.2. The van der Waals surface area contributed by atoms with Crippen LogP contribution in [0.25, 0.3) is 0 Å². The van der Waals surface area contributed by atoms with E-state index in [1.54, 1.807) is 0 Å². The smallest absolute Gasteiger partial charge is 0.326 e. The van der Waals surface area contributed by atoms with Gasteiger partial charge in [-0.1, -0.05) is 12.8 Å². The molecule has 1 saturated heterocycles. The Morgan fingerprint density at radius 3 is 2.71 bits per heavy atom. The summed E-state index contributed by atoms with van der Waals surface area (Å²) in [6, 6.07) is 1.46. The molecule has 122 valence electrons. The summed E-state index contributed by atoms with van der Waals surface area (Å²) in [7, 11) is 1.51. The molecule has 0 aromatic carbocycles. The Morgan fingerprint density at radius 1 is 1.29 bits per heavy atom. The van der Waals surface area contributed by atoms with Crippen LogP contribution in [0.3, 0.4) is 0 Å². The van der Waals surface area contributed by atoms with E-state index in [2.05, 4.69) is 31.0 Å². The zero-order valence-electron chi connectivity index (χ0n) is 14.2. The lowest BCUT2D eigenvalue weighted by atomic mass is 9.95. The van der Waals surface area contributed by atoms with Gasteiger partial charge in [0.25, 0.3) is 0 Å². The Hall–Kier alpha value is -0.610. The highest BCUT2D eigenvalue weighted by Gasteiger charge is 2.48. The van der Waals surface area contributed by atoms with Gasteiger partial charge < -0.3 is 4.74 Å². The SMILES string of the molecule is COC(=O)C1(NC(C)C)CCC(N2CCCCCC2C)C1. The first kappa shape index (κ1) is 16.8. The highest BCUT2D eigenvalue weighted by Crippen LogP contribution is 2.36. The molecule has 3 atom stereocenters. The summed E-state index contributed by atoms with van der Waals surface area (Å²) in [5.74, 6) is -0.0822. The fourth-order valence-corrected chi connectivity index (χ4v) is 4.27. The first-order chi connectivity index (χ1) is 9.98. The first-order valence-corrected chi connectivity index (χ1v) is 8.60. The molecule has 3 unspecified atom stereocenters. The van der Waals surface area contributed by atoms with Gasteiger partial charge in [-0.3, -0.25) is 15.0 Å². The number of nitrogens with zero attached hydrogens (tertiary/aromatic N) is 1. The van der Waals surface area contributed by atoms with Crippen LogP contribution in [0.1, 0.15) is 65.7 Å². The molecule has 1 N–H and O–H groups in total. The molecule has 4 nitrogen and oxygen atoms in total. The maximum atomic E-state index is 12.3. The monoisotopic (exact) mass is 296 g/mol. The van der Waals surface area contributed by atoms with Crippen molar-refractivity contribution < 1.29 is 9.53 Å². The van der Waals surface area contributed by atoms with Crippen molar-refractivity contribution in [2.75, 3.05) is 13.7 Å². The second kappa shape index (κ2) is 7.10. The highest BCUT2D eigenvalue weighted by atomic mass is 16.5. The summed E-state index contributed by atoms with van der Waals surface area (Å²) in [5.41, 5.74) is -0.473. The number of methoxy groups -OCH3 is 1. The van der Waals surface area contributed by atoms with Gasteiger partial charge in [-0.05, 0) is 59.4 Å². The third-order valence-electron chi connectivity index (χ3n) is 5.20. The van der Waals surface area contributed by atoms with Crippen LogP contribution in [0, 0.1) is 0 Å². The molecule has 1 aliphatic heterocycles. The molecule has 2 fully saturated rings. The quantitative estimate of drug-likeness (QED) is 0.810. The molecule has 0 aromatic rings. The van der Waals surface area contributed by atoms with Gasteiger partial charge in [-0.25, -0.2) is 0 Å². The van der Waals surface area contributed by atoms with E-state index in [1.165, 1.54) is 39.3 Å². The minimum absolute atomic E-state index is 0.0822. The number of esters is 1. The minimum Gasteiger partial charge on any atom is -0.468 e. The number of carbonyl (C=O) groups excluding carboxylic acids is 1. The van der Waals surface area contributed by atoms with Crippen molar-refractivity contribution >= 4 is 5.97 Å². The lowest BCUT2D eigenvalue weighted by Gasteiger charge is -2.35. The molecule has 2 aliphatic rings. The summed E-state index contributed by atoms with van der Waals surface area (Å²) in [6.45, 7) is 7.74.